The zero-order valence-electron chi connectivity index (χ0n) is 16.4. The molecule has 0 unspecified atom stereocenters. The number of H-pyrrole nitrogens is 1. The number of ether oxygens (including phenoxy) is 1. The highest BCUT2D eigenvalue weighted by atomic mass is 16.5. The van der Waals surface area contributed by atoms with E-state index in [2.05, 4.69) is 20.1 Å². The maximum atomic E-state index is 12.6. The van der Waals surface area contributed by atoms with E-state index in [9.17, 15) is 9.59 Å². The number of aromatic amines is 1. The van der Waals surface area contributed by atoms with Gasteiger partial charge in [0.1, 0.15) is 5.52 Å². The maximum Gasteiger partial charge on any atom is 0.338 e. The summed E-state index contributed by atoms with van der Waals surface area (Å²) < 4.78 is 8.17. The second-order valence-electron chi connectivity index (χ2n) is 6.76. The Bertz CT molecular complexity index is 1240. The molecule has 3 heterocycles. The first kappa shape index (κ1) is 19.4. The molecular formula is C20H21N7O3. The number of nitrogens with one attached hydrogen (secondary N) is 1. The molecular weight excluding hydrogens is 386 g/mol. The zero-order chi connectivity index (χ0) is 21.1. The molecule has 4 rings (SSSR count). The van der Waals surface area contributed by atoms with Gasteiger partial charge < -0.3 is 15.5 Å². The Hall–Kier alpha value is -3.95. The third-order valence-electron chi connectivity index (χ3n) is 4.58. The van der Waals surface area contributed by atoms with Crippen LogP contribution in [0.4, 0.5) is 5.82 Å². The Labute approximate surface area is 171 Å². The molecule has 0 radical (unpaired) electrons. The van der Waals surface area contributed by atoms with Gasteiger partial charge in [-0.15, -0.1) is 0 Å². The molecule has 0 saturated carbocycles. The molecule has 3 N–H and O–H groups in total. The fraction of sp³-hybridized carbons (Fsp3) is 0.250. The van der Waals surface area contributed by atoms with Crippen molar-refractivity contribution in [3.05, 3.63) is 64.3 Å². The largest absolute Gasteiger partial charge is 0.462 e. The normalized spacial score (nSPS) is 11.1. The number of imidazole rings is 1. The summed E-state index contributed by atoms with van der Waals surface area (Å²) in [6.45, 7) is 2.61. The highest BCUT2D eigenvalue weighted by Gasteiger charge is 2.16. The fourth-order valence-electron chi connectivity index (χ4n) is 3.05. The maximum absolute atomic E-state index is 12.6. The van der Waals surface area contributed by atoms with Crippen molar-refractivity contribution in [2.24, 2.45) is 0 Å². The number of carbonyl (C=O) groups is 1. The van der Waals surface area contributed by atoms with E-state index in [4.69, 9.17) is 10.5 Å². The number of nitrogens with zero attached hydrogens (tertiary/aromatic N) is 5. The van der Waals surface area contributed by atoms with E-state index in [-0.39, 0.29) is 30.0 Å². The van der Waals surface area contributed by atoms with Gasteiger partial charge in [-0.2, -0.15) is 15.1 Å². The quantitative estimate of drug-likeness (QED) is 0.353. The number of esters is 1. The summed E-state index contributed by atoms with van der Waals surface area (Å²) in [6, 6.07) is 8.71. The molecule has 0 atom stereocenters. The molecule has 30 heavy (non-hydrogen) atoms. The molecule has 0 saturated heterocycles. The minimum atomic E-state index is -0.385. The molecule has 0 bridgehead atoms. The van der Waals surface area contributed by atoms with Gasteiger partial charge in [0.25, 0.3) is 5.95 Å². The number of hydrogen-bond donors (Lipinski definition) is 2. The molecule has 0 aliphatic carbocycles. The van der Waals surface area contributed by atoms with Gasteiger partial charge >= 0.3 is 11.7 Å². The van der Waals surface area contributed by atoms with Crippen molar-refractivity contribution in [2.75, 3.05) is 12.3 Å². The monoisotopic (exact) mass is 407 g/mol. The van der Waals surface area contributed by atoms with E-state index in [1.54, 1.807) is 36.7 Å². The summed E-state index contributed by atoms with van der Waals surface area (Å²) >= 11 is 0. The molecule has 10 heteroatoms. The van der Waals surface area contributed by atoms with Crippen molar-refractivity contribution in [1.29, 1.82) is 0 Å². The smallest absolute Gasteiger partial charge is 0.338 e. The average molecular weight is 407 g/mol. The van der Waals surface area contributed by atoms with Crippen LogP contribution in [0, 0.1) is 0 Å². The number of nitrogens with two attached hydrogens (primary N) is 1. The van der Waals surface area contributed by atoms with E-state index in [1.165, 1.54) is 9.25 Å². The van der Waals surface area contributed by atoms with Crippen molar-refractivity contribution in [1.82, 2.24) is 29.3 Å². The lowest BCUT2D eigenvalue weighted by Crippen LogP contribution is -2.18. The number of unbranched alkanes of at least 4 members (excludes halogenated alkanes) is 1. The third kappa shape index (κ3) is 3.79. The number of benzene rings is 1. The van der Waals surface area contributed by atoms with Crippen LogP contribution in [-0.2, 0) is 11.3 Å². The van der Waals surface area contributed by atoms with Crippen LogP contribution < -0.4 is 11.4 Å². The van der Waals surface area contributed by atoms with Crippen molar-refractivity contribution < 1.29 is 9.53 Å². The minimum absolute atomic E-state index is 0.148. The topological polar surface area (TPSA) is 134 Å². The second kappa shape index (κ2) is 8.19. The Morgan fingerprint density at radius 1 is 1.27 bits per heavy atom. The summed E-state index contributed by atoms with van der Waals surface area (Å²) in [5.41, 5.74) is 7.54. The van der Waals surface area contributed by atoms with Crippen LogP contribution in [0.1, 0.15) is 35.7 Å². The van der Waals surface area contributed by atoms with Gasteiger partial charge in [-0.05, 0) is 30.2 Å². The van der Waals surface area contributed by atoms with Crippen LogP contribution in [0.5, 0.6) is 0 Å². The molecule has 0 amide bonds. The van der Waals surface area contributed by atoms with E-state index in [0.29, 0.717) is 23.3 Å². The van der Waals surface area contributed by atoms with E-state index >= 15 is 0 Å². The van der Waals surface area contributed by atoms with Gasteiger partial charge in [-0.1, -0.05) is 25.5 Å². The van der Waals surface area contributed by atoms with Crippen molar-refractivity contribution in [3.8, 4) is 5.95 Å². The Kier molecular flexibility index (Phi) is 5.29. The Morgan fingerprint density at radius 2 is 2.13 bits per heavy atom. The van der Waals surface area contributed by atoms with Gasteiger partial charge in [-0.3, -0.25) is 4.57 Å². The summed E-state index contributed by atoms with van der Waals surface area (Å²) in [7, 11) is 0. The molecule has 0 fully saturated rings. The zero-order valence-corrected chi connectivity index (χ0v) is 16.4. The molecule has 10 nitrogen and oxygen atoms in total. The minimum Gasteiger partial charge on any atom is -0.462 e. The summed E-state index contributed by atoms with van der Waals surface area (Å²) in [5.74, 6) is 0.0183. The van der Waals surface area contributed by atoms with E-state index in [1.807, 2.05) is 13.0 Å². The SMILES string of the molecule is CCCCOC(=O)c1cccc(Cn2c(=O)[nH]c3c(N)nc(-n4cccn4)nc32)c1. The summed E-state index contributed by atoms with van der Waals surface area (Å²) in [6.07, 6.45) is 5.04. The number of carbonyl (C=O) groups excluding carboxylic acids is 1. The molecule has 0 spiro atoms. The van der Waals surface area contributed by atoms with Crippen LogP contribution in [0.25, 0.3) is 17.1 Å². The molecule has 3 aromatic heterocycles. The predicted molar refractivity (Wildman–Crippen MR) is 110 cm³/mol. The van der Waals surface area contributed by atoms with Crippen molar-refractivity contribution >= 4 is 23.0 Å². The first-order chi connectivity index (χ1) is 14.6. The first-order valence-electron chi connectivity index (χ1n) is 9.59. The number of fused-ring (bicyclic) bond motifs is 1. The molecule has 154 valence electrons. The molecule has 0 aliphatic heterocycles. The summed E-state index contributed by atoms with van der Waals surface area (Å²) in [4.78, 5) is 36.1. The van der Waals surface area contributed by atoms with E-state index in [0.717, 1.165) is 18.4 Å². The van der Waals surface area contributed by atoms with Crippen molar-refractivity contribution in [3.63, 3.8) is 0 Å². The standard InChI is InChI=1S/C20H21N7O3/c1-2-3-10-30-18(28)14-7-4-6-13(11-14)12-26-17-15(23-20(26)29)16(21)24-19(25-17)27-9-5-8-22-27/h4-9,11H,2-3,10,12H2,1H3,(H,23,29)(H2,21,24,25). The Balaban J connectivity index is 1.67. The van der Waals surface area contributed by atoms with Gasteiger partial charge in [0.2, 0.25) is 0 Å². The molecule has 1 aromatic carbocycles. The van der Waals surface area contributed by atoms with Crippen LogP contribution in [0.2, 0.25) is 0 Å². The average Bonchev–Trinajstić information content (AvgIpc) is 3.38. The van der Waals surface area contributed by atoms with Crippen LogP contribution in [0.3, 0.4) is 0 Å². The van der Waals surface area contributed by atoms with E-state index < -0.39 is 0 Å². The lowest BCUT2D eigenvalue weighted by molar-refractivity contribution is 0.0499. The van der Waals surface area contributed by atoms with Crippen molar-refractivity contribution in [2.45, 2.75) is 26.3 Å². The van der Waals surface area contributed by atoms with Gasteiger partial charge in [-0.25, -0.2) is 14.3 Å². The third-order valence-corrected chi connectivity index (χ3v) is 4.58. The number of hydrogen-bond acceptors (Lipinski definition) is 7. The Morgan fingerprint density at radius 3 is 2.90 bits per heavy atom. The first-order valence-corrected chi connectivity index (χ1v) is 9.59. The number of aromatic nitrogens is 6. The highest BCUT2D eigenvalue weighted by molar-refractivity contribution is 5.89. The second-order valence-corrected chi connectivity index (χ2v) is 6.76. The van der Waals surface area contributed by atoms with Crippen LogP contribution in [0.15, 0.2) is 47.5 Å². The highest BCUT2D eigenvalue weighted by Crippen LogP contribution is 2.17. The number of nitrogen functional groups attached to an aromatic ring is 1. The lowest BCUT2D eigenvalue weighted by atomic mass is 10.1. The van der Waals surface area contributed by atoms with Crippen LogP contribution in [-0.4, -0.2) is 41.9 Å². The fourth-order valence-corrected chi connectivity index (χ4v) is 3.05. The lowest BCUT2D eigenvalue weighted by Gasteiger charge is -2.08. The molecule has 0 aliphatic rings. The van der Waals surface area contributed by atoms with Gasteiger partial charge in [0, 0.05) is 12.4 Å². The number of anilines is 1. The summed E-state index contributed by atoms with van der Waals surface area (Å²) in [5, 5.41) is 4.10. The van der Waals surface area contributed by atoms with Gasteiger partial charge in [0.05, 0.1) is 18.7 Å². The molecule has 4 aromatic rings. The number of rotatable bonds is 7. The predicted octanol–water partition coefficient (Wildman–Crippen LogP) is 1.89. The van der Waals surface area contributed by atoms with Gasteiger partial charge in [0.15, 0.2) is 11.5 Å². The van der Waals surface area contributed by atoms with Crippen LogP contribution >= 0.6 is 0 Å².